The molecule has 3 aromatic heterocycles. The van der Waals surface area contributed by atoms with Gasteiger partial charge in [0.05, 0.1) is 5.54 Å². The summed E-state index contributed by atoms with van der Waals surface area (Å²) in [6, 6.07) is 1.76. The van der Waals surface area contributed by atoms with Gasteiger partial charge in [-0.2, -0.15) is 4.80 Å². The number of thiazole rings is 1. The number of amides is 1. The van der Waals surface area contributed by atoms with Crippen LogP contribution in [0.5, 0.6) is 0 Å². The molecule has 3 heterocycles. The molecule has 0 spiro atoms. The first kappa shape index (κ1) is 17.1. The SMILES string of the molecule is O=C(NC12CC3CC(C1)CC(n1ncnn1)(C3)C2)c1csc(-c2ncccn2)n1. The molecule has 148 valence electrons. The minimum absolute atomic E-state index is 0.118. The first-order valence-electron chi connectivity index (χ1n) is 9.92. The van der Waals surface area contributed by atoms with Crippen molar-refractivity contribution in [1.82, 2.24) is 40.5 Å². The zero-order valence-corrected chi connectivity index (χ0v) is 16.5. The van der Waals surface area contributed by atoms with Crippen LogP contribution in [0, 0.1) is 11.8 Å². The third kappa shape index (κ3) is 2.77. The van der Waals surface area contributed by atoms with Crippen LogP contribution < -0.4 is 5.32 Å². The van der Waals surface area contributed by atoms with E-state index in [1.165, 1.54) is 24.1 Å². The van der Waals surface area contributed by atoms with Gasteiger partial charge in [0, 0.05) is 23.3 Å². The van der Waals surface area contributed by atoms with Crippen molar-refractivity contribution in [3.05, 3.63) is 35.9 Å². The van der Waals surface area contributed by atoms with Gasteiger partial charge >= 0.3 is 0 Å². The minimum atomic E-state index is -0.220. The average molecular weight is 408 g/mol. The van der Waals surface area contributed by atoms with Crippen molar-refractivity contribution in [3.63, 3.8) is 0 Å². The van der Waals surface area contributed by atoms with E-state index < -0.39 is 0 Å². The number of nitrogens with zero attached hydrogens (tertiary/aromatic N) is 7. The van der Waals surface area contributed by atoms with Crippen molar-refractivity contribution in [3.8, 4) is 10.8 Å². The van der Waals surface area contributed by atoms with E-state index in [2.05, 4.69) is 35.7 Å². The fourth-order valence-corrected chi connectivity index (χ4v) is 6.92. The van der Waals surface area contributed by atoms with Crippen molar-refractivity contribution >= 4 is 17.2 Å². The molecule has 4 fully saturated rings. The normalized spacial score (nSPS) is 32.4. The summed E-state index contributed by atoms with van der Waals surface area (Å²) in [6.07, 6.45) is 11.1. The molecule has 1 N–H and O–H groups in total. The molecule has 0 radical (unpaired) electrons. The molecule has 4 aliphatic rings. The van der Waals surface area contributed by atoms with Crippen LogP contribution in [0.1, 0.15) is 49.0 Å². The van der Waals surface area contributed by atoms with Crippen molar-refractivity contribution in [2.75, 3.05) is 0 Å². The topological polar surface area (TPSA) is 111 Å². The van der Waals surface area contributed by atoms with Gasteiger partial charge in [0.25, 0.3) is 5.91 Å². The number of hydrogen-bond acceptors (Lipinski definition) is 8. The predicted octanol–water partition coefficient (Wildman–Crippen LogP) is 2.06. The highest BCUT2D eigenvalue weighted by molar-refractivity contribution is 7.13. The van der Waals surface area contributed by atoms with Crippen molar-refractivity contribution in [2.24, 2.45) is 11.8 Å². The second kappa shape index (κ2) is 6.12. The number of rotatable bonds is 4. The zero-order chi connectivity index (χ0) is 19.5. The summed E-state index contributed by atoms with van der Waals surface area (Å²) in [5, 5.41) is 18.3. The number of carbonyl (C=O) groups is 1. The third-order valence-corrected chi connectivity index (χ3v) is 7.51. The van der Waals surface area contributed by atoms with Gasteiger partial charge in [0.1, 0.15) is 5.69 Å². The molecule has 0 aromatic carbocycles. The van der Waals surface area contributed by atoms with Crippen LogP contribution >= 0.6 is 11.3 Å². The molecule has 9 nitrogen and oxygen atoms in total. The number of carbonyl (C=O) groups excluding carboxylic acids is 1. The van der Waals surface area contributed by atoms with Crippen LogP contribution in [0.15, 0.2) is 30.2 Å². The molecule has 2 atom stereocenters. The monoisotopic (exact) mass is 408 g/mol. The van der Waals surface area contributed by atoms with E-state index >= 15 is 0 Å². The van der Waals surface area contributed by atoms with Crippen molar-refractivity contribution < 1.29 is 4.79 Å². The molecule has 4 bridgehead atoms. The van der Waals surface area contributed by atoms with E-state index in [-0.39, 0.29) is 17.0 Å². The van der Waals surface area contributed by atoms with Crippen molar-refractivity contribution in [2.45, 2.75) is 49.6 Å². The molecule has 3 aromatic rings. The molecule has 29 heavy (non-hydrogen) atoms. The van der Waals surface area contributed by atoms with Gasteiger partial charge in [0.2, 0.25) is 0 Å². The highest BCUT2D eigenvalue weighted by Crippen LogP contribution is 2.60. The Kier molecular flexibility index (Phi) is 3.62. The van der Waals surface area contributed by atoms with E-state index in [9.17, 15) is 4.79 Å². The van der Waals surface area contributed by atoms with Crippen LogP contribution in [0.25, 0.3) is 10.8 Å². The van der Waals surface area contributed by atoms with Crippen LogP contribution in [0.4, 0.5) is 0 Å². The van der Waals surface area contributed by atoms with E-state index in [1.807, 2.05) is 0 Å². The third-order valence-electron chi connectivity index (χ3n) is 6.68. The fraction of sp³-hybridized carbons (Fsp3) is 0.526. The minimum Gasteiger partial charge on any atom is -0.345 e. The predicted molar refractivity (Wildman–Crippen MR) is 104 cm³/mol. The Morgan fingerprint density at radius 1 is 1.17 bits per heavy atom. The largest absolute Gasteiger partial charge is 0.345 e. The molecule has 0 aliphatic heterocycles. The smallest absolute Gasteiger partial charge is 0.271 e. The Labute approximate surface area is 171 Å². The fourth-order valence-electron chi connectivity index (χ4n) is 6.17. The van der Waals surface area contributed by atoms with E-state index in [4.69, 9.17) is 0 Å². The molecule has 7 rings (SSSR count). The van der Waals surface area contributed by atoms with Crippen LogP contribution in [0.3, 0.4) is 0 Å². The molecule has 4 aliphatic carbocycles. The van der Waals surface area contributed by atoms with Crippen molar-refractivity contribution in [1.29, 1.82) is 0 Å². The molecule has 4 saturated carbocycles. The quantitative estimate of drug-likeness (QED) is 0.703. The van der Waals surface area contributed by atoms with Gasteiger partial charge in [0.15, 0.2) is 17.2 Å². The van der Waals surface area contributed by atoms with Gasteiger partial charge in [-0.05, 0) is 61.6 Å². The summed E-state index contributed by atoms with van der Waals surface area (Å²) < 4.78 is 0. The average Bonchev–Trinajstić information content (AvgIpc) is 3.40. The zero-order valence-electron chi connectivity index (χ0n) is 15.7. The maximum absolute atomic E-state index is 13.1. The van der Waals surface area contributed by atoms with Gasteiger partial charge in [-0.1, -0.05) is 0 Å². The van der Waals surface area contributed by atoms with Crippen LogP contribution in [-0.2, 0) is 5.54 Å². The van der Waals surface area contributed by atoms with Gasteiger partial charge < -0.3 is 5.32 Å². The standard InChI is InChI=1S/C19H20N8OS/c28-16(14-9-29-17(24-14)15-20-2-1-3-21-15)25-18-5-12-4-13(6-18)8-19(7-12,10-18)27-23-11-22-26-27/h1-3,9,11-13H,4-8,10H2,(H,25,28). The van der Waals surface area contributed by atoms with Crippen LogP contribution in [0.2, 0.25) is 0 Å². The maximum atomic E-state index is 13.1. The maximum Gasteiger partial charge on any atom is 0.271 e. The summed E-state index contributed by atoms with van der Waals surface area (Å²) in [5.74, 6) is 1.60. The molecule has 10 heteroatoms. The number of aromatic nitrogens is 7. The highest BCUT2D eigenvalue weighted by Gasteiger charge is 2.60. The first-order chi connectivity index (χ1) is 14.1. The second-order valence-corrected chi connectivity index (χ2v) is 9.61. The summed E-state index contributed by atoms with van der Waals surface area (Å²) in [5.41, 5.74) is 0.0852. The number of tetrazole rings is 1. The Morgan fingerprint density at radius 2 is 1.97 bits per heavy atom. The Hall–Kier alpha value is -2.75. The van der Waals surface area contributed by atoms with E-state index in [1.54, 1.807) is 28.6 Å². The molecule has 2 unspecified atom stereocenters. The van der Waals surface area contributed by atoms with Gasteiger partial charge in [-0.25, -0.2) is 15.0 Å². The first-order valence-corrected chi connectivity index (χ1v) is 10.8. The number of hydrogen-bond donors (Lipinski definition) is 1. The Bertz CT molecular complexity index is 1040. The number of nitrogens with one attached hydrogen (secondary N) is 1. The van der Waals surface area contributed by atoms with Gasteiger partial charge in [-0.15, -0.1) is 21.5 Å². The lowest BCUT2D eigenvalue weighted by atomic mass is 9.50. The van der Waals surface area contributed by atoms with Gasteiger partial charge in [-0.3, -0.25) is 4.79 Å². The second-order valence-electron chi connectivity index (χ2n) is 8.76. The van der Waals surface area contributed by atoms with E-state index in [0.29, 0.717) is 28.4 Å². The summed E-state index contributed by atoms with van der Waals surface area (Å²) in [7, 11) is 0. The van der Waals surface area contributed by atoms with E-state index in [0.717, 1.165) is 32.1 Å². The molecule has 0 saturated heterocycles. The van der Waals surface area contributed by atoms with Crippen LogP contribution in [-0.4, -0.2) is 46.6 Å². The lowest BCUT2D eigenvalue weighted by molar-refractivity contribution is -0.0810. The Morgan fingerprint density at radius 3 is 2.69 bits per heavy atom. The lowest BCUT2D eigenvalue weighted by Crippen LogP contribution is -2.66. The molecular weight excluding hydrogens is 388 g/mol. The lowest BCUT2D eigenvalue weighted by Gasteiger charge is -2.61. The summed E-state index contributed by atoms with van der Waals surface area (Å²) in [6.45, 7) is 0. The molecular formula is C19H20N8OS. The Balaban J connectivity index is 1.27. The summed E-state index contributed by atoms with van der Waals surface area (Å²) >= 11 is 1.39. The summed E-state index contributed by atoms with van der Waals surface area (Å²) in [4.78, 5) is 27.8. The molecule has 1 amide bonds. The highest BCUT2D eigenvalue weighted by atomic mass is 32.1.